The van der Waals surface area contributed by atoms with Crippen LogP contribution in [0.2, 0.25) is 5.02 Å². The summed E-state index contributed by atoms with van der Waals surface area (Å²) in [6.45, 7) is 0. The second-order valence-corrected chi connectivity index (χ2v) is 11.1. The van der Waals surface area contributed by atoms with Gasteiger partial charge in [-0.2, -0.15) is 14.9 Å². The van der Waals surface area contributed by atoms with E-state index in [0.717, 1.165) is 18.4 Å². The summed E-state index contributed by atoms with van der Waals surface area (Å²) in [7, 11) is 1.82. The molecule has 43 heavy (non-hydrogen) atoms. The van der Waals surface area contributed by atoms with E-state index in [-0.39, 0.29) is 11.6 Å². The van der Waals surface area contributed by atoms with E-state index in [4.69, 9.17) is 11.6 Å². The highest BCUT2D eigenvalue weighted by atomic mass is 35.5. The lowest BCUT2D eigenvalue weighted by Crippen LogP contribution is -2.39. The van der Waals surface area contributed by atoms with Crippen LogP contribution >= 0.6 is 11.6 Å². The molecule has 0 saturated heterocycles. The standard InChI is InChI=1S/C31H26BClFN9/c32-31(24-8-5-13-37-30(24)34,27-18-43(42-41-27)22-10-11-22)40-21-14-23-28(20(16-36)17-38-29(23)25(33)15-21)39-26(9-4-12-35)19-6-2-1-3-7-19/h1-3,5-8,13-15,17-18,22,26,40H,4,9-11,32H2,(H,38,39)/t26-,31+/m1/s1. The van der Waals surface area contributed by atoms with E-state index in [2.05, 4.69) is 43.1 Å². The molecule has 9 nitrogen and oxygen atoms in total. The van der Waals surface area contributed by atoms with Gasteiger partial charge in [0.1, 0.15) is 19.6 Å². The van der Waals surface area contributed by atoms with Crippen molar-refractivity contribution >= 4 is 41.7 Å². The number of halogens is 2. The van der Waals surface area contributed by atoms with Gasteiger partial charge in [0.25, 0.3) is 0 Å². The molecule has 0 amide bonds. The molecule has 0 aliphatic heterocycles. The molecule has 0 radical (unpaired) electrons. The van der Waals surface area contributed by atoms with Crippen molar-refractivity contribution in [3.8, 4) is 12.1 Å². The molecule has 2 atom stereocenters. The molecular formula is C31H26BClFN9. The van der Waals surface area contributed by atoms with Crippen LogP contribution in [0.15, 0.2) is 73.2 Å². The maximum absolute atomic E-state index is 15.2. The van der Waals surface area contributed by atoms with E-state index in [1.165, 1.54) is 12.4 Å². The molecule has 6 rings (SSSR count). The summed E-state index contributed by atoms with van der Waals surface area (Å²) < 4.78 is 17.1. The van der Waals surface area contributed by atoms with Crippen LogP contribution in [0.4, 0.5) is 15.8 Å². The first-order valence-corrected chi connectivity index (χ1v) is 14.3. The molecule has 3 aromatic heterocycles. The second kappa shape index (κ2) is 11.7. The average Bonchev–Trinajstić information content (AvgIpc) is 3.75. The molecule has 0 unspecified atom stereocenters. The number of nitrogens with one attached hydrogen (secondary N) is 2. The fraction of sp³-hybridized carbons (Fsp3) is 0.226. The Hall–Kier alpha value is -5.00. The number of pyridine rings is 2. The number of fused-ring (bicyclic) bond motifs is 1. The molecule has 1 fully saturated rings. The minimum Gasteiger partial charge on any atom is -0.377 e. The minimum atomic E-state index is -1.17. The first kappa shape index (κ1) is 28.1. The largest absolute Gasteiger partial charge is 0.377 e. The van der Waals surface area contributed by atoms with Crippen molar-refractivity contribution in [1.29, 1.82) is 10.5 Å². The summed E-state index contributed by atoms with van der Waals surface area (Å²) in [4.78, 5) is 8.37. The Morgan fingerprint density at radius 3 is 2.67 bits per heavy atom. The lowest BCUT2D eigenvalue weighted by molar-refractivity contribution is 0.551. The topological polar surface area (TPSA) is 128 Å². The average molecular weight is 590 g/mol. The Bertz CT molecular complexity index is 1880. The van der Waals surface area contributed by atoms with Gasteiger partial charge in [0.05, 0.1) is 51.6 Å². The SMILES string of the molecule is B[C@@](Nc1cc(Cl)c2ncc(C#N)c(N[C@H](CCC#N)c3ccccc3)c2c1)(c1cn(C2CC2)nn1)c1cccnc1F. The molecule has 3 heterocycles. The van der Waals surface area contributed by atoms with E-state index < -0.39 is 11.4 Å². The third-order valence-corrected chi connectivity index (χ3v) is 8.03. The van der Waals surface area contributed by atoms with Crippen molar-refractivity contribution < 1.29 is 4.39 Å². The number of rotatable bonds is 10. The first-order valence-electron chi connectivity index (χ1n) is 13.9. The third kappa shape index (κ3) is 5.60. The molecule has 1 saturated carbocycles. The van der Waals surface area contributed by atoms with Crippen LogP contribution in [0.5, 0.6) is 0 Å². The van der Waals surface area contributed by atoms with Crippen LogP contribution in [-0.2, 0) is 5.44 Å². The van der Waals surface area contributed by atoms with Gasteiger partial charge in [-0.25, -0.2) is 9.67 Å². The summed E-state index contributed by atoms with van der Waals surface area (Å²) in [6, 6.07) is 21.1. The Morgan fingerprint density at radius 2 is 1.95 bits per heavy atom. The summed E-state index contributed by atoms with van der Waals surface area (Å²) >= 11 is 6.80. The minimum absolute atomic E-state index is 0.249. The Morgan fingerprint density at radius 1 is 1.14 bits per heavy atom. The van der Waals surface area contributed by atoms with Crippen molar-refractivity contribution in [2.24, 2.45) is 0 Å². The van der Waals surface area contributed by atoms with Crippen molar-refractivity contribution in [2.75, 3.05) is 10.6 Å². The predicted molar refractivity (Wildman–Crippen MR) is 165 cm³/mol. The maximum Gasteiger partial charge on any atom is 0.218 e. The monoisotopic (exact) mass is 589 g/mol. The highest BCUT2D eigenvalue weighted by molar-refractivity contribution is 6.36. The summed E-state index contributed by atoms with van der Waals surface area (Å²) in [5.74, 6) is -0.635. The molecule has 2 N–H and O–H groups in total. The molecule has 5 aromatic rings. The molecule has 12 heteroatoms. The summed E-state index contributed by atoms with van der Waals surface area (Å²) in [5.41, 5.74) is 2.53. The third-order valence-electron chi connectivity index (χ3n) is 7.75. The molecular weight excluding hydrogens is 564 g/mol. The van der Waals surface area contributed by atoms with Crippen molar-refractivity contribution in [3.05, 3.63) is 107 Å². The van der Waals surface area contributed by atoms with E-state index in [1.54, 1.807) is 18.2 Å². The van der Waals surface area contributed by atoms with Gasteiger partial charge in [0, 0.05) is 35.5 Å². The smallest absolute Gasteiger partial charge is 0.218 e. The highest BCUT2D eigenvalue weighted by Crippen LogP contribution is 2.39. The zero-order valence-electron chi connectivity index (χ0n) is 23.3. The van der Waals surface area contributed by atoms with Crippen LogP contribution in [0.25, 0.3) is 10.9 Å². The fourth-order valence-corrected chi connectivity index (χ4v) is 5.57. The van der Waals surface area contributed by atoms with E-state index >= 15 is 4.39 Å². The number of hydrogen-bond donors (Lipinski definition) is 2. The van der Waals surface area contributed by atoms with E-state index in [1.807, 2.05) is 55.1 Å². The Kier molecular flexibility index (Phi) is 7.66. The summed E-state index contributed by atoms with van der Waals surface area (Å²) in [5, 5.41) is 36.0. The molecule has 212 valence electrons. The number of benzene rings is 2. The zero-order valence-corrected chi connectivity index (χ0v) is 24.1. The van der Waals surface area contributed by atoms with Crippen molar-refractivity contribution in [3.63, 3.8) is 0 Å². The Labute approximate surface area is 253 Å². The zero-order chi connectivity index (χ0) is 30.0. The van der Waals surface area contributed by atoms with Crippen LogP contribution in [0, 0.1) is 28.6 Å². The number of aromatic nitrogens is 5. The van der Waals surface area contributed by atoms with Gasteiger partial charge >= 0.3 is 0 Å². The number of hydrogen-bond acceptors (Lipinski definition) is 8. The van der Waals surface area contributed by atoms with Crippen LogP contribution < -0.4 is 10.6 Å². The van der Waals surface area contributed by atoms with E-state index in [9.17, 15) is 10.5 Å². The molecule has 0 spiro atoms. The van der Waals surface area contributed by atoms with Gasteiger partial charge < -0.3 is 10.6 Å². The van der Waals surface area contributed by atoms with Gasteiger partial charge in [-0.3, -0.25) is 4.98 Å². The quantitative estimate of drug-likeness (QED) is 0.159. The normalized spacial score (nSPS) is 14.8. The van der Waals surface area contributed by atoms with Crippen LogP contribution in [0.3, 0.4) is 0 Å². The highest BCUT2D eigenvalue weighted by Gasteiger charge is 2.37. The Balaban J connectivity index is 1.47. The van der Waals surface area contributed by atoms with Crippen LogP contribution in [-0.4, -0.2) is 32.8 Å². The molecule has 1 aliphatic rings. The van der Waals surface area contributed by atoms with Gasteiger partial charge in [-0.05, 0) is 43.0 Å². The maximum atomic E-state index is 15.2. The number of nitriles is 2. The fourth-order valence-electron chi connectivity index (χ4n) is 5.30. The summed E-state index contributed by atoms with van der Waals surface area (Å²) in [6.07, 6.45) is 7.61. The van der Waals surface area contributed by atoms with Crippen molar-refractivity contribution in [2.45, 2.75) is 43.2 Å². The van der Waals surface area contributed by atoms with Gasteiger partial charge in [-0.15, -0.1) is 5.10 Å². The second-order valence-electron chi connectivity index (χ2n) is 10.7. The lowest BCUT2D eigenvalue weighted by atomic mass is 9.70. The lowest BCUT2D eigenvalue weighted by Gasteiger charge is -2.31. The molecule has 2 aromatic carbocycles. The molecule has 1 aliphatic carbocycles. The number of anilines is 2. The van der Waals surface area contributed by atoms with Crippen LogP contribution in [0.1, 0.15) is 60.2 Å². The first-order chi connectivity index (χ1) is 20.9. The van der Waals surface area contributed by atoms with Gasteiger partial charge in [0.15, 0.2) is 0 Å². The predicted octanol–water partition coefficient (Wildman–Crippen LogP) is 5.62. The molecule has 0 bridgehead atoms. The van der Waals surface area contributed by atoms with Gasteiger partial charge in [0.2, 0.25) is 5.95 Å². The van der Waals surface area contributed by atoms with Gasteiger partial charge in [-0.1, -0.05) is 53.2 Å². The van der Waals surface area contributed by atoms with E-state index in [0.29, 0.717) is 57.4 Å². The van der Waals surface area contributed by atoms with Crippen molar-refractivity contribution in [1.82, 2.24) is 25.0 Å². The number of nitrogens with zero attached hydrogens (tertiary/aromatic N) is 7.